The molecule has 0 amide bonds. The van der Waals surface area contributed by atoms with Crippen molar-refractivity contribution in [3.8, 4) is 0 Å². The van der Waals surface area contributed by atoms with Crippen LogP contribution < -0.4 is 0 Å². The second-order valence-electron chi connectivity index (χ2n) is 3.71. The number of hydrogen-bond acceptors (Lipinski definition) is 3. The Balaban J connectivity index is 2.29. The SMILES string of the molecule is CC(C)N(Br)Cn1nnc2ccccc21. The van der Waals surface area contributed by atoms with Crippen molar-refractivity contribution < 1.29 is 0 Å². The van der Waals surface area contributed by atoms with E-state index in [0.29, 0.717) is 12.7 Å². The van der Waals surface area contributed by atoms with Crippen molar-refractivity contribution >= 4 is 27.2 Å². The summed E-state index contributed by atoms with van der Waals surface area (Å²) in [6.45, 7) is 4.93. The highest BCUT2D eigenvalue weighted by Gasteiger charge is 2.09. The summed E-state index contributed by atoms with van der Waals surface area (Å²) in [5.74, 6) is 0. The van der Waals surface area contributed by atoms with E-state index >= 15 is 0 Å². The maximum atomic E-state index is 4.11. The second-order valence-corrected chi connectivity index (χ2v) is 4.62. The molecule has 4 nitrogen and oxygen atoms in total. The lowest BCUT2D eigenvalue weighted by Crippen LogP contribution is -2.23. The summed E-state index contributed by atoms with van der Waals surface area (Å²) in [4.78, 5) is 0. The van der Waals surface area contributed by atoms with Gasteiger partial charge in [0.15, 0.2) is 0 Å². The first-order valence-electron chi connectivity index (χ1n) is 4.89. The van der Waals surface area contributed by atoms with E-state index in [1.165, 1.54) is 0 Å². The molecule has 0 fully saturated rings. The third-order valence-corrected chi connectivity index (χ3v) is 3.29. The fourth-order valence-electron chi connectivity index (χ4n) is 1.31. The molecule has 0 unspecified atom stereocenters. The number of aromatic nitrogens is 3. The summed E-state index contributed by atoms with van der Waals surface area (Å²) in [5, 5.41) is 8.21. The molecular formula is C10H13BrN4. The zero-order chi connectivity index (χ0) is 10.8. The Bertz CT molecular complexity index is 451. The fraction of sp³-hybridized carbons (Fsp3) is 0.400. The predicted molar refractivity (Wildman–Crippen MR) is 63.4 cm³/mol. The average molecular weight is 269 g/mol. The smallest absolute Gasteiger partial charge is 0.113 e. The minimum Gasteiger partial charge on any atom is -0.229 e. The van der Waals surface area contributed by atoms with Crippen LogP contribution in [-0.2, 0) is 6.67 Å². The minimum absolute atomic E-state index is 0.424. The quantitative estimate of drug-likeness (QED) is 0.802. The highest BCUT2D eigenvalue weighted by Crippen LogP contribution is 2.13. The summed E-state index contributed by atoms with van der Waals surface area (Å²) in [5.41, 5.74) is 1.99. The van der Waals surface area contributed by atoms with Crippen LogP contribution in [0.3, 0.4) is 0 Å². The van der Waals surface area contributed by atoms with Gasteiger partial charge in [-0.3, -0.25) is 0 Å². The first-order valence-corrected chi connectivity index (χ1v) is 5.60. The molecule has 0 N–H and O–H groups in total. The second kappa shape index (κ2) is 4.28. The molecule has 1 heterocycles. The standard InChI is InChI=1S/C10H13BrN4/c1-8(2)14(11)7-15-10-6-4-3-5-9(10)12-13-15/h3-6,8H,7H2,1-2H3. The molecule has 1 aromatic heterocycles. The number of para-hydroxylation sites is 1. The van der Waals surface area contributed by atoms with Gasteiger partial charge in [-0.1, -0.05) is 17.3 Å². The Morgan fingerprint density at radius 1 is 1.40 bits per heavy atom. The zero-order valence-electron chi connectivity index (χ0n) is 8.76. The third kappa shape index (κ3) is 2.18. The van der Waals surface area contributed by atoms with Crippen LogP contribution in [0.4, 0.5) is 0 Å². The molecule has 0 bridgehead atoms. The van der Waals surface area contributed by atoms with E-state index < -0.39 is 0 Å². The van der Waals surface area contributed by atoms with E-state index in [4.69, 9.17) is 0 Å². The number of halogens is 1. The monoisotopic (exact) mass is 268 g/mol. The molecule has 0 saturated carbocycles. The van der Waals surface area contributed by atoms with Crippen LogP contribution in [-0.4, -0.2) is 25.0 Å². The van der Waals surface area contributed by atoms with Crippen LogP contribution in [0.5, 0.6) is 0 Å². The number of nitrogens with zero attached hydrogens (tertiary/aromatic N) is 4. The number of rotatable bonds is 3. The fourth-order valence-corrected chi connectivity index (χ4v) is 1.53. The molecule has 2 rings (SSSR count). The Morgan fingerprint density at radius 2 is 2.13 bits per heavy atom. The van der Waals surface area contributed by atoms with E-state index in [1.807, 2.05) is 32.9 Å². The zero-order valence-corrected chi connectivity index (χ0v) is 10.3. The summed E-state index contributed by atoms with van der Waals surface area (Å²) >= 11 is 3.49. The summed E-state index contributed by atoms with van der Waals surface area (Å²) in [6.07, 6.45) is 0. The molecule has 2 aromatic rings. The maximum Gasteiger partial charge on any atom is 0.113 e. The van der Waals surface area contributed by atoms with E-state index in [-0.39, 0.29) is 0 Å². The number of benzene rings is 1. The van der Waals surface area contributed by atoms with Crippen LogP contribution in [0.1, 0.15) is 13.8 Å². The molecule has 0 spiro atoms. The van der Waals surface area contributed by atoms with Gasteiger partial charge in [0, 0.05) is 22.2 Å². The molecule has 0 atom stereocenters. The summed E-state index contributed by atoms with van der Waals surface area (Å²) < 4.78 is 3.91. The molecule has 0 aliphatic rings. The first kappa shape index (κ1) is 10.6. The normalized spacial score (nSPS) is 11.8. The highest BCUT2D eigenvalue weighted by atomic mass is 79.9. The van der Waals surface area contributed by atoms with Crippen molar-refractivity contribution in [2.75, 3.05) is 0 Å². The van der Waals surface area contributed by atoms with E-state index in [1.54, 1.807) is 0 Å². The van der Waals surface area contributed by atoms with Crippen molar-refractivity contribution in [1.29, 1.82) is 0 Å². The Hall–Kier alpha value is -0.940. The number of fused-ring (bicyclic) bond motifs is 1. The van der Waals surface area contributed by atoms with Crippen molar-refractivity contribution in [3.63, 3.8) is 0 Å². The van der Waals surface area contributed by atoms with Gasteiger partial charge in [-0.25, -0.2) is 8.61 Å². The van der Waals surface area contributed by atoms with Gasteiger partial charge in [-0.05, 0) is 26.0 Å². The van der Waals surface area contributed by atoms with Crippen LogP contribution in [0, 0.1) is 0 Å². The van der Waals surface area contributed by atoms with Crippen molar-refractivity contribution in [2.24, 2.45) is 0 Å². The average Bonchev–Trinajstić information content (AvgIpc) is 2.62. The Morgan fingerprint density at radius 3 is 2.87 bits per heavy atom. The summed E-state index contributed by atoms with van der Waals surface area (Å²) in [6, 6.07) is 8.38. The van der Waals surface area contributed by atoms with Crippen molar-refractivity contribution in [3.05, 3.63) is 24.3 Å². The lowest BCUT2D eigenvalue weighted by atomic mass is 10.3. The van der Waals surface area contributed by atoms with E-state index in [0.717, 1.165) is 11.0 Å². The van der Waals surface area contributed by atoms with Crippen LogP contribution in [0.25, 0.3) is 11.0 Å². The van der Waals surface area contributed by atoms with Crippen molar-refractivity contribution in [1.82, 2.24) is 18.9 Å². The Kier molecular flexibility index (Phi) is 3.02. The highest BCUT2D eigenvalue weighted by molar-refractivity contribution is 9.07. The molecule has 0 saturated heterocycles. The molecule has 80 valence electrons. The largest absolute Gasteiger partial charge is 0.229 e. The topological polar surface area (TPSA) is 34.0 Å². The van der Waals surface area contributed by atoms with Gasteiger partial charge in [0.1, 0.15) is 12.2 Å². The lowest BCUT2D eigenvalue weighted by Gasteiger charge is -2.17. The molecule has 0 aliphatic carbocycles. The lowest BCUT2D eigenvalue weighted by molar-refractivity contribution is 0.325. The van der Waals surface area contributed by atoms with Gasteiger partial charge in [0.05, 0.1) is 5.52 Å². The molecule has 0 aliphatic heterocycles. The van der Waals surface area contributed by atoms with Crippen molar-refractivity contribution in [2.45, 2.75) is 26.6 Å². The van der Waals surface area contributed by atoms with E-state index in [2.05, 4.69) is 40.3 Å². The van der Waals surface area contributed by atoms with Gasteiger partial charge in [-0.2, -0.15) is 0 Å². The van der Waals surface area contributed by atoms with Crippen LogP contribution in [0.2, 0.25) is 0 Å². The molecular weight excluding hydrogens is 256 g/mol. The van der Waals surface area contributed by atoms with Crippen LogP contribution in [0.15, 0.2) is 24.3 Å². The van der Waals surface area contributed by atoms with Gasteiger partial charge >= 0.3 is 0 Å². The third-order valence-electron chi connectivity index (χ3n) is 2.25. The molecule has 1 aromatic carbocycles. The summed E-state index contributed by atoms with van der Waals surface area (Å²) in [7, 11) is 0. The van der Waals surface area contributed by atoms with Gasteiger partial charge in [0.25, 0.3) is 0 Å². The Labute approximate surface area is 97.2 Å². The molecule has 0 radical (unpaired) electrons. The molecule has 5 heteroatoms. The van der Waals surface area contributed by atoms with Gasteiger partial charge in [0.2, 0.25) is 0 Å². The molecule has 15 heavy (non-hydrogen) atoms. The maximum absolute atomic E-state index is 4.11. The van der Waals surface area contributed by atoms with Crippen LogP contribution >= 0.6 is 16.1 Å². The number of hydrogen-bond donors (Lipinski definition) is 0. The minimum atomic E-state index is 0.424. The first-order chi connectivity index (χ1) is 7.18. The van der Waals surface area contributed by atoms with E-state index in [9.17, 15) is 0 Å². The predicted octanol–water partition coefficient (Wildman–Crippen LogP) is 2.41. The van der Waals surface area contributed by atoms with Gasteiger partial charge in [-0.15, -0.1) is 5.10 Å². The van der Waals surface area contributed by atoms with Gasteiger partial charge < -0.3 is 0 Å².